The normalized spacial score (nSPS) is 20.1. The summed E-state index contributed by atoms with van der Waals surface area (Å²) in [7, 11) is 0. The first-order valence-electron chi connectivity index (χ1n) is 10.2. The summed E-state index contributed by atoms with van der Waals surface area (Å²) in [6.45, 7) is 2.02. The molecule has 1 aromatic carbocycles. The van der Waals surface area contributed by atoms with Crippen molar-refractivity contribution < 1.29 is 9.59 Å². The van der Waals surface area contributed by atoms with Crippen LogP contribution in [0.4, 0.5) is 10.5 Å². The molecule has 1 aliphatic carbocycles. The molecule has 1 saturated carbocycles. The highest BCUT2D eigenvalue weighted by atomic mass is 16.2. The maximum Gasteiger partial charge on any atom is 0.319 e. The highest BCUT2D eigenvalue weighted by Gasteiger charge is 2.35. The molecule has 0 radical (unpaired) electrons. The van der Waals surface area contributed by atoms with Crippen molar-refractivity contribution >= 4 is 17.6 Å². The molecule has 6 nitrogen and oxygen atoms in total. The lowest BCUT2D eigenvalue weighted by molar-refractivity contribution is -0.135. The zero-order chi connectivity index (χ0) is 19.1. The van der Waals surface area contributed by atoms with E-state index in [0.717, 1.165) is 31.4 Å². The molecule has 1 heterocycles. The van der Waals surface area contributed by atoms with Crippen molar-refractivity contribution in [3.05, 3.63) is 30.3 Å². The van der Waals surface area contributed by atoms with Crippen molar-refractivity contribution in [1.82, 2.24) is 10.2 Å². The van der Waals surface area contributed by atoms with Gasteiger partial charge in [0.25, 0.3) is 0 Å². The van der Waals surface area contributed by atoms with Crippen LogP contribution in [0.25, 0.3) is 0 Å². The summed E-state index contributed by atoms with van der Waals surface area (Å²) >= 11 is 0. The van der Waals surface area contributed by atoms with Crippen LogP contribution in [-0.4, -0.2) is 42.5 Å². The molecule has 3 amide bonds. The lowest BCUT2D eigenvalue weighted by atomic mass is 9.71. The number of nitrogens with zero attached hydrogens (tertiary/aromatic N) is 1. The minimum atomic E-state index is -0.185. The Balaban J connectivity index is 1.43. The predicted octanol–water partition coefficient (Wildman–Crippen LogP) is 3.10. The number of nitrogens with two attached hydrogens (primary N) is 1. The summed E-state index contributed by atoms with van der Waals surface area (Å²) in [6, 6.07) is 9.34. The van der Waals surface area contributed by atoms with Gasteiger partial charge in [0.05, 0.1) is 0 Å². The summed E-state index contributed by atoms with van der Waals surface area (Å²) < 4.78 is 0. The van der Waals surface area contributed by atoms with Gasteiger partial charge in [0.15, 0.2) is 0 Å². The summed E-state index contributed by atoms with van der Waals surface area (Å²) in [6.07, 6.45) is 7.96. The van der Waals surface area contributed by atoms with Gasteiger partial charge in [0.1, 0.15) is 0 Å². The number of nitrogens with one attached hydrogen (secondary N) is 2. The minimum absolute atomic E-state index is 0.0139. The van der Waals surface area contributed by atoms with E-state index in [9.17, 15) is 9.59 Å². The van der Waals surface area contributed by atoms with E-state index < -0.39 is 0 Å². The third kappa shape index (κ3) is 5.45. The second kappa shape index (κ2) is 9.22. The van der Waals surface area contributed by atoms with Crippen molar-refractivity contribution in [1.29, 1.82) is 0 Å². The van der Waals surface area contributed by atoms with Crippen molar-refractivity contribution in [3.63, 3.8) is 0 Å². The zero-order valence-corrected chi connectivity index (χ0v) is 16.1. The van der Waals surface area contributed by atoms with Gasteiger partial charge in [-0.15, -0.1) is 0 Å². The number of likely N-dealkylation sites (tertiary alicyclic amines) is 1. The van der Waals surface area contributed by atoms with Crippen LogP contribution in [0.3, 0.4) is 0 Å². The summed E-state index contributed by atoms with van der Waals surface area (Å²) in [4.78, 5) is 26.9. The van der Waals surface area contributed by atoms with Gasteiger partial charge in [-0.1, -0.05) is 37.5 Å². The molecule has 0 spiro atoms. The fourth-order valence-corrected chi connectivity index (χ4v) is 4.33. The summed E-state index contributed by atoms with van der Waals surface area (Å²) in [5.74, 6) is 0.231. The molecule has 0 atom stereocenters. The van der Waals surface area contributed by atoms with Gasteiger partial charge < -0.3 is 21.3 Å². The Morgan fingerprint density at radius 2 is 1.74 bits per heavy atom. The van der Waals surface area contributed by atoms with E-state index in [1.807, 2.05) is 35.2 Å². The molecule has 0 aromatic heterocycles. The standard InChI is InChI=1S/C21H32N4O2/c22-16-21(11-5-2-6-12-21)15-19(26)25-13-9-18(10-14-25)24-20(27)23-17-7-3-1-4-8-17/h1,3-4,7-8,18H,2,5-6,9-16,22H2,(H2,23,24,27). The fourth-order valence-electron chi connectivity index (χ4n) is 4.33. The van der Waals surface area contributed by atoms with E-state index in [1.54, 1.807) is 0 Å². The number of hydrogen-bond donors (Lipinski definition) is 3. The van der Waals surface area contributed by atoms with Gasteiger partial charge in [-0.2, -0.15) is 0 Å². The number of hydrogen-bond acceptors (Lipinski definition) is 3. The lowest BCUT2D eigenvalue weighted by Gasteiger charge is -2.39. The Morgan fingerprint density at radius 1 is 1.07 bits per heavy atom. The van der Waals surface area contributed by atoms with Crippen molar-refractivity contribution in [2.45, 2.75) is 57.4 Å². The third-order valence-electron chi connectivity index (χ3n) is 6.09. The molecule has 1 aromatic rings. The lowest BCUT2D eigenvalue weighted by Crippen LogP contribution is -2.49. The second-order valence-electron chi connectivity index (χ2n) is 8.06. The van der Waals surface area contributed by atoms with E-state index in [1.165, 1.54) is 19.3 Å². The number of urea groups is 1. The molecule has 0 bridgehead atoms. The van der Waals surface area contributed by atoms with E-state index in [2.05, 4.69) is 10.6 Å². The Hall–Kier alpha value is -2.08. The largest absolute Gasteiger partial charge is 0.343 e. The van der Waals surface area contributed by atoms with Gasteiger partial charge in [-0.05, 0) is 49.8 Å². The molecule has 1 aliphatic heterocycles. The topological polar surface area (TPSA) is 87.5 Å². The van der Waals surface area contributed by atoms with Crippen LogP contribution in [0.15, 0.2) is 30.3 Å². The van der Waals surface area contributed by atoms with Crippen LogP contribution in [-0.2, 0) is 4.79 Å². The molecular weight excluding hydrogens is 340 g/mol. The monoisotopic (exact) mass is 372 g/mol. The maximum absolute atomic E-state index is 12.8. The Bertz CT molecular complexity index is 620. The molecule has 6 heteroatoms. The first kappa shape index (κ1) is 19.7. The summed E-state index contributed by atoms with van der Waals surface area (Å²) in [5.41, 5.74) is 6.82. The van der Waals surface area contributed by atoms with Crippen LogP contribution in [0, 0.1) is 5.41 Å². The number of rotatable bonds is 5. The van der Waals surface area contributed by atoms with E-state index >= 15 is 0 Å². The third-order valence-corrected chi connectivity index (χ3v) is 6.09. The highest BCUT2D eigenvalue weighted by Crippen LogP contribution is 2.39. The number of anilines is 1. The quantitative estimate of drug-likeness (QED) is 0.742. The second-order valence-corrected chi connectivity index (χ2v) is 8.06. The number of amides is 3. The Kier molecular flexibility index (Phi) is 6.72. The average molecular weight is 373 g/mol. The molecule has 0 unspecified atom stereocenters. The molecular formula is C21H32N4O2. The molecule has 3 rings (SSSR count). The number of carbonyl (C=O) groups excluding carboxylic acids is 2. The van der Waals surface area contributed by atoms with Gasteiger partial charge in [0, 0.05) is 31.2 Å². The number of piperidine rings is 1. The van der Waals surface area contributed by atoms with Crippen molar-refractivity contribution in [3.8, 4) is 0 Å². The first-order chi connectivity index (χ1) is 13.1. The van der Waals surface area contributed by atoms with Crippen LogP contribution >= 0.6 is 0 Å². The van der Waals surface area contributed by atoms with Gasteiger partial charge in [-0.3, -0.25) is 4.79 Å². The molecule has 4 N–H and O–H groups in total. The number of carbonyl (C=O) groups is 2. The number of para-hydroxylation sites is 1. The zero-order valence-electron chi connectivity index (χ0n) is 16.1. The molecule has 1 saturated heterocycles. The minimum Gasteiger partial charge on any atom is -0.343 e. The van der Waals surface area contributed by atoms with Crippen LogP contribution in [0.5, 0.6) is 0 Å². The first-order valence-corrected chi connectivity index (χ1v) is 10.2. The fraction of sp³-hybridized carbons (Fsp3) is 0.619. The van der Waals surface area contributed by atoms with Crippen molar-refractivity contribution in [2.75, 3.05) is 25.0 Å². The molecule has 27 heavy (non-hydrogen) atoms. The Labute approximate surface area is 161 Å². The number of benzene rings is 1. The Morgan fingerprint density at radius 3 is 2.37 bits per heavy atom. The maximum atomic E-state index is 12.8. The van der Waals surface area contributed by atoms with Gasteiger partial charge >= 0.3 is 6.03 Å². The van der Waals surface area contributed by atoms with Crippen molar-refractivity contribution in [2.24, 2.45) is 11.1 Å². The predicted molar refractivity (Wildman–Crippen MR) is 107 cm³/mol. The van der Waals surface area contributed by atoms with E-state index in [0.29, 0.717) is 26.1 Å². The smallest absolute Gasteiger partial charge is 0.319 e. The average Bonchev–Trinajstić information content (AvgIpc) is 2.70. The molecule has 2 aliphatic rings. The SMILES string of the molecule is NCC1(CC(=O)N2CCC(NC(=O)Nc3ccccc3)CC2)CCCCC1. The van der Waals surface area contributed by atoms with Crippen LogP contribution in [0.1, 0.15) is 51.4 Å². The molecule has 2 fully saturated rings. The van der Waals surface area contributed by atoms with Gasteiger partial charge in [-0.25, -0.2) is 4.79 Å². The highest BCUT2D eigenvalue weighted by molar-refractivity contribution is 5.89. The van der Waals surface area contributed by atoms with Gasteiger partial charge in [0.2, 0.25) is 5.91 Å². The van der Waals surface area contributed by atoms with Crippen LogP contribution in [0.2, 0.25) is 0 Å². The van der Waals surface area contributed by atoms with E-state index in [4.69, 9.17) is 5.73 Å². The van der Waals surface area contributed by atoms with Crippen LogP contribution < -0.4 is 16.4 Å². The molecule has 148 valence electrons. The van der Waals surface area contributed by atoms with E-state index in [-0.39, 0.29) is 23.4 Å². The summed E-state index contributed by atoms with van der Waals surface area (Å²) in [5, 5.41) is 5.86.